The maximum absolute atomic E-state index is 12.7. The lowest BCUT2D eigenvalue weighted by Gasteiger charge is -2.39. The molecular weight excluding hydrogens is 378 g/mol. The van der Waals surface area contributed by atoms with Crippen molar-refractivity contribution in [2.75, 3.05) is 32.8 Å². The molecule has 2 aliphatic rings. The molecule has 0 radical (unpaired) electrons. The summed E-state index contributed by atoms with van der Waals surface area (Å²) in [5.74, 6) is -0.207. The summed E-state index contributed by atoms with van der Waals surface area (Å²) in [6.45, 7) is 6.34. The zero-order chi connectivity index (χ0) is 20.4. The number of hydrogen-bond donors (Lipinski definition) is 1. The van der Waals surface area contributed by atoms with Crippen LogP contribution in [-0.2, 0) is 25.4 Å². The maximum atomic E-state index is 12.7. The molecule has 1 N–H and O–H groups in total. The van der Waals surface area contributed by atoms with Crippen molar-refractivity contribution in [3.8, 4) is 0 Å². The van der Waals surface area contributed by atoms with Gasteiger partial charge >= 0.3 is 0 Å². The lowest BCUT2D eigenvalue weighted by molar-refractivity contribution is -0.911. The van der Waals surface area contributed by atoms with E-state index >= 15 is 0 Å². The van der Waals surface area contributed by atoms with Crippen molar-refractivity contribution >= 4 is 21.8 Å². The Labute approximate surface area is 167 Å². The first-order valence-electron chi connectivity index (χ1n) is 9.91. The van der Waals surface area contributed by atoms with Crippen LogP contribution in [0.2, 0.25) is 0 Å². The number of carbonyl (C=O) groups is 2. The van der Waals surface area contributed by atoms with Crippen molar-refractivity contribution in [2.24, 2.45) is 5.41 Å². The molecule has 2 fully saturated rings. The van der Waals surface area contributed by atoms with Gasteiger partial charge < -0.3 is 4.90 Å². The molecule has 1 aromatic carbocycles. The molecule has 2 aliphatic heterocycles. The maximum Gasteiger partial charge on any atom is 0.234 e. The third kappa shape index (κ3) is 4.79. The SMILES string of the molecule is CCC1(C)CC(=O)N(C[NH+]2CCN(S(=O)(=O)Cc3ccccc3)CC2)C(=O)C1. The average molecular weight is 409 g/mol. The quantitative estimate of drug-likeness (QED) is 0.684. The summed E-state index contributed by atoms with van der Waals surface area (Å²) >= 11 is 0. The van der Waals surface area contributed by atoms with Gasteiger partial charge in [0.2, 0.25) is 21.8 Å². The fraction of sp³-hybridized carbons (Fsp3) is 0.600. The molecule has 0 saturated carbocycles. The van der Waals surface area contributed by atoms with Crippen LogP contribution >= 0.6 is 0 Å². The number of benzene rings is 1. The Bertz CT molecular complexity index is 799. The molecule has 0 unspecified atom stereocenters. The number of piperazine rings is 1. The Morgan fingerprint density at radius 2 is 1.61 bits per heavy atom. The zero-order valence-corrected chi connectivity index (χ0v) is 17.5. The number of nitrogens with zero attached hydrogens (tertiary/aromatic N) is 2. The largest absolute Gasteiger partial charge is 0.315 e. The number of nitrogens with one attached hydrogen (secondary N) is 1. The van der Waals surface area contributed by atoms with Crippen LogP contribution in [0, 0.1) is 5.41 Å². The second kappa shape index (κ2) is 8.31. The number of amides is 2. The summed E-state index contributed by atoms with van der Waals surface area (Å²) in [5, 5.41) is 0. The summed E-state index contributed by atoms with van der Waals surface area (Å²) in [6, 6.07) is 9.17. The minimum absolute atomic E-state index is 0.00186. The number of likely N-dealkylation sites (tertiary alicyclic amines) is 1. The van der Waals surface area contributed by atoms with E-state index in [0.717, 1.165) is 16.9 Å². The van der Waals surface area contributed by atoms with Crippen molar-refractivity contribution in [3.63, 3.8) is 0 Å². The molecule has 0 spiro atoms. The van der Waals surface area contributed by atoms with Crippen molar-refractivity contribution in [1.29, 1.82) is 0 Å². The van der Waals surface area contributed by atoms with Gasteiger partial charge in [-0.15, -0.1) is 0 Å². The van der Waals surface area contributed by atoms with E-state index in [1.54, 1.807) is 0 Å². The van der Waals surface area contributed by atoms with Crippen LogP contribution in [0.4, 0.5) is 0 Å². The van der Waals surface area contributed by atoms with Crippen LogP contribution in [0.25, 0.3) is 0 Å². The predicted octanol–water partition coefficient (Wildman–Crippen LogP) is 0.240. The summed E-state index contributed by atoms with van der Waals surface area (Å²) in [5.41, 5.74) is 0.547. The Balaban J connectivity index is 1.54. The minimum Gasteiger partial charge on any atom is -0.315 e. The molecule has 0 atom stereocenters. The number of sulfonamides is 1. The summed E-state index contributed by atoms with van der Waals surface area (Å²) in [6.07, 6.45) is 1.61. The lowest BCUT2D eigenvalue weighted by atomic mass is 9.77. The van der Waals surface area contributed by atoms with E-state index in [0.29, 0.717) is 45.7 Å². The summed E-state index contributed by atoms with van der Waals surface area (Å²) < 4.78 is 26.8. The Morgan fingerprint density at radius 3 is 2.14 bits per heavy atom. The number of imide groups is 1. The van der Waals surface area contributed by atoms with Crippen LogP contribution in [0.5, 0.6) is 0 Å². The third-order valence-corrected chi connectivity index (χ3v) is 7.86. The number of carbonyl (C=O) groups excluding carboxylic acids is 2. The van der Waals surface area contributed by atoms with Crippen LogP contribution in [0.15, 0.2) is 30.3 Å². The second-order valence-corrected chi connectivity index (χ2v) is 10.3. The smallest absolute Gasteiger partial charge is 0.234 e. The number of piperidine rings is 1. The minimum atomic E-state index is -3.36. The molecule has 28 heavy (non-hydrogen) atoms. The molecule has 0 aliphatic carbocycles. The van der Waals surface area contributed by atoms with Gasteiger partial charge in [-0.1, -0.05) is 44.2 Å². The third-order valence-electron chi connectivity index (χ3n) is 6.01. The van der Waals surface area contributed by atoms with E-state index in [2.05, 4.69) is 0 Å². The molecule has 0 aromatic heterocycles. The van der Waals surface area contributed by atoms with Crippen molar-refractivity contribution in [1.82, 2.24) is 9.21 Å². The highest BCUT2D eigenvalue weighted by molar-refractivity contribution is 7.88. The lowest BCUT2D eigenvalue weighted by Crippen LogP contribution is -3.16. The van der Waals surface area contributed by atoms with Gasteiger partial charge in [-0.05, 0) is 17.4 Å². The zero-order valence-electron chi connectivity index (χ0n) is 16.7. The fourth-order valence-corrected chi connectivity index (χ4v) is 5.42. The fourth-order valence-electron chi connectivity index (χ4n) is 3.89. The van der Waals surface area contributed by atoms with E-state index in [9.17, 15) is 18.0 Å². The molecule has 7 nitrogen and oxygen atoms in total. The normalized spacial score (nSPS) is 21.9. The van der Waals surface area contributed by atoms with Gasteiger partial charge in [0.05, 0.1) is 31.9 Å². The molecule has 1 aromatic rings. The first-order valence-corrected chi connectivity index (χ1v) is 11.5. The highest BCUT2D eigenvalue weighted by Crippen LogP contribution is 2.34. The Hall–Kier alpha value is -1.77. The highest BCUT2D eigenvalue weighted by Gasteiger charge is 2.41. The molecule has 2 heterocycles. The number of rotatable bonds is 6. The average Bonchev–Trinajstić information content (AvgIpc) is 2.65. The van der Waals surface area contributed by atoms with Crippen LogP contribution in [0.3, 0.4) is 0 Å². The van der Waals surface area contributed by atoms with Crippen molar-refractivity contribution in [3.05, 3.63) is 35.9 Å². The van der Waals surface area contributed by atoms with Crippen LogP contribution in [0.1, 0.15) is 38.7 Å². The molecular formula is C20H30N3O4S+. The van der Waals surface area contributed by atoms with E-state index in [1.165, 1.54) is 9.21 Å². The topological polar surface area (TPSA) is 79.2 Å². The number of quaternary nitrogens is 1. The Kier molecular flexibility index (Phi) is 6.21. The molecule has 2 amide bonds. The van der Waals surface area contributed by atoms with Gasteiger partial charge in [0.1, 0.15) is 0 Å². The molecule has 2 saturated heterocycles. The van der Waals surface area contributed by atoms with Gasteiger partial charge in [-0.25, -0.2) is 13.3 Å². The molecule has 8 heteroatoms. The van der Waals surface area contributed by atoms with Gasteiger partial charge in [0.25, 0.3) is 0 Å². The first-order chi connectivity index (χ1) is 13.2. The predicted molar refractivity (Wildman–Crippen MR) is 106 cm³/mol. The van der Waals surface area contributed by atoms with Gasteiger partial charge in [0.15, 0.2) is 6.67 Å². The summed E-state index contributed by atoms with van der Waals surface area (Å²) in [7, 11) is -3.36. The van der Waals surface area contributed by atoms with Gasteiger partial charge in [0, 0.05) is 12.8 Å². The van der Waals surface area contributed by atoms with Crippen LogP contribution in [-0.4, -0.2) is 62.3 Å². The molecule has 154 valence electrons. The van der Waals surface area contributed by atoms with E-state index in [4.69, 9.17) is 0 Å². The highest BCUT2D eigenvalue weighted by atomic mass is 32.2. The number of hydrogen-bond acceptors (Lipinski definition) is 4. The molecule has 3 rings (SSSR count). The van der Waals surface area contributed by atoms with Crippen molar-refractivity contribution < 1.29 is 22.9 Å². The standard InChI is InChI=1S/C20H29N3O4S/c1-3-20(2)13-18(24)23(19(25)14-20)16-21-9-11-22(12-10-21)28(26,27)15-17-7-5-4-6-8-17/h4-8H,3,9-16H2,1-2H3/p+1. The van der Waals surface area contributed by atoms with Crippen molar-refractivity contribution in [2.45, 2.75) is 38.9 Å². The van der Waals surface area contributed by atoms with Gasteiger partial charge in [-0.3, -0.25) is 9.59 Å². The van der Waals surface area contributed by atoms with Gasteiger partial charge in [-0.2, -0.15) is 4.31 Å². The second-order valence-electron chi connectivity index (χ2n) is 8.28. The van der Waals surface area contributed by atoms with E-state index < -0.39 is 10.0 Å². The first kappa shape index (κ1) is 21.0. The van der Waals surface area contributed by atoms with Crippen LogP contribution < -0.4 is 4.90 Å². The molecule has 0 bridgehead atoms. The summed E-state index contributed by atoms with van der Waals surface area (Å²) in [4.78, 5) is 27.4. The Morgan fingerprint density at radius 1 is 1.04 bits per heavy atom. The van der Waals surface area contributed by atoms with E-state index in [1.807, 2.05) is 44.2 Å². The van der Waals surface area contributed by atoms with E-state index in [-0.39, 0.29) is 23.0 Å². The monoisotopic (exact) mass is 408 g/mol.